The van der Waals surface area contributed by atoms with Crippen LogP contribution >= 0.6 is 0 Å². The highest BCUT2D eigenvalue weighted by atomic mass is 16.3. The van der Waals surface area contributed by atoms with E-state index in [1.807, 2.05) is 0 Å². The van der Waals surface area contributed by atoms with E-state index in [1.54, 1.807) is 0 Å². The van der Waals surface area contributed by atoms with Crippen molar-refractivity contribution in [3.63, 3.8) is 0 Å². The van der Waals surface area contributed by atoms with Crippen molar-refractivity contribution in [2.75, 3.05) is 6.61 Å². The van der Waals surface area contributed by atoms with E-state index >= 15 is 0 Å². The highest BCUT2D eigenvalue weighted by Gasteiger charge is 2.54. The Morgan fingerprint density at radius 1 is 1.22 bits per heavy atom. The number of hydrogen-bond acceptors (Lipinski definition) is 3. The van der Waals surface area contributed by atoms with Gasteiger partial charge in [-0.15, -0.1) is 0 Å². The van der Waals surface area contributed by atoms with E-state index < -0.39 is 12.2 Å². The Kier molecular flexibility index (Phi) is 4.05. The largest absolute Gasteiger partial charge is 0.396 e. The molecule has 0 heterocycles. The van der Waals surface area contributed by atoms with E-state index in [2.05, 4.69) is 20.8 Å². The van der Waals surface area contributed by atoms with Crippen LogP contribution < -0.4 is 0 Å². The van der Waals surface area contributed by atoms with Crippen molar-refractivity contribution in [3.05, 3.63) is 0 Å². The fourth-order valence-corrected chi connectivity index (χ4v) is 4.32. The molecule has 3 N–H and O–H groups in total. The van der Waals surface area contributed by atoms with Crippen LogP contribution in [0.3, 0.4) is 0 Å². The highest BCUT2D eigenvalue weighted by Crippen LogP contribution is 2.54. The lowest BCUT2D eigenvalue weighted by Gasteiger charge is -2.56. The van der Waals surface area contributed by atoms with Crippen molar-refractivity contribution in [1.29, 1.82) is 0 Å². The molecule has 0 saturated heterocycles. The van der Waals surface area contributed by atoms with Crippen molar-refractivity contribution < 1.29 is 15.3 Å². The monoisotopic (exact) mass is 256 g/mol. The van der Waals surface area contributed by atoms with Crippen molar-refractivity contribution >= 4 is 0 Å². The van der Waals surface area contributed by atoms with Gasteiger partial charge in [0.15, 0.2) is 0 Å². The van der Waals surface area contributed by atoms with Gasteiger partial charge in [0.05, 0.1) is 18.8 Å². The average molecular weight is 256 g/mol. The maximum absolute atomic E-state index is 10.3. The zero-order valence-electron chi connectivity index (χ0n) is 11.8. The molecule has 2 aliphatic carbocycles. The van der Waals surface area contributed by atoms with E-state index in [0.29, 0.717) is 18.3 Å². The molecule has 0 aliphatic heterocycles. The summed E-state index contributed by atoms with van der Waals surface area (Å²) in [4.78, 5) is 0. The Bertz CT molecular complexity index is 291. The molecule has 106 valence electrons. The van der Waals surface area contributed by atoms with Gasteiger partial charge in [0.2, 0.25) is 0 Å². The lowest BCUT2D eigenvalue weighted by Crippen LogP contribution is -2.57. The Balaban J connectivity index is 2.25. The fraction of sp³-hybridized carbons (Fsp3) is 1.00. The second kappa shape index (κ2) is 5.10. The smallest absolute Gasteiger partial charge is 0.0645 e. The van der Waals surface area contributed by atoms with E-state index in [1.165, 1.54) is 0 Å². The van der Waals surface area contributed by atoms with Crippen LogP contribution in [0, 0.1) is 29.1 Å². The minimum Gasteiger partial charge on any atom is -0.396 e. The van der Waals surface area contributed by atoms with Gasteiger partial charge in [-0.3, -0.25) is 0 Å². The van der Waals surface area contributed by atoms with Crippen LogP contribution in [-0.4, -0.2) is 34.1 Å². The van der Waals surface area contributed by atoms with E-state index in [0.717, 1.165) is 19.3 Å². The molecule has 0 aromatic rings. The van der Waals surface area contributed by atoms with Gasteiger partial charge in [0.1, 0.15) is 0 Å². The maximum atomic E-state index is 10.3. The summed E-state index contributed by atoms with van der Waals surface area (Å²) in [5.41, 5.74) is -0.357. The molecule has 0 spiro atoms. The van der Waals surface area contributed by atoms with Gasteiger partial charge < -0.3 is 15.3 Å². The van der Waals surface area contributed by atoms with Gasteiger partial charge in [-0.2, -0.15) is 0 Å². The maximum Gasteiger partial charge on any atom is 0.0645 e. The van der Waals surface area contributed by atoms with Crippen molar-refractivity contribution in [2.45, 2.75) is 58.7 Å². The Labute approximate surface area is 110 Å². The zero-order valence-corrected chi connectivity index (χ0v) is 11.8. The molecule has 2 aliphatic rings. The summed E-state index contributed by atoms with van der Waals surface area (Å²) in [6.45, 7) is 6.63. The van der Waals surface area contributed by atoms with Crippen LogP contribution in [0.25, 0.3) is 0 Å². The third kappa shape index (κ3) is 2.10. The summed E-state index contributed by atoms with van der Waals surface area (Å²) in [5.74, 6) is 1.74. The van der Waals surface area contributed by atoms with Crippen LogP contribution in [0.15, 0.2) is 0 Å². The number of hydrogen-bond donors (Lipinski definition) is 3. The molecule has 3 heteroatoms. The highest BCUT2D eigenvalue weighted by molar-refractivity contribution is 5.04. The topological polar surface area (TPSA) is 60.7 Å². The van der Waals surface area contributed by atoms with E-state index in [9.17, 15) is 15.3 Å². The van der Waals surface area contributed by atoms with E-state index in [-0.39, 0.29) is 23.9 Å². The molecule has 2 unspecified atom stereocenters. The normalized spacial score (nSPS) is 49.2. The molecule has 0 radical (unpaired) electrons. The third-order valence-corrected chi connectivity index (χ3v) is 5.88. The van der Waals surface area contributed by atoms with Crippen molar-refractivity contribution in [2.24, 2.45) is 29.1 Å². The number of rotatable bonds is 2. The first-order valence-electron chi connectivity index (χ1n) is 7.39. The van der Waals surface area contributed by atoms with Crippen LogP contribution in [0.4, 0.5) is 0 Å². The summed E-state index contributed by atoms with van der Waals surface area (Å²) >= 11 is 0. The molecule has 0 aromatic carbocycles. The Morgan fingerprint density at radius 2 is 1.89 bits per heavy atom. The molecule has 0 bridgehead atoms. The van der Waals surface area contributed by atoms with E-state index in [4.69, 9.17) is 0 Å². The molecule has 6 atom stereocenters. The Morgan fingerprint density at radius 3 is 2.44 bits per heavy atom. The summed E-state index contributed by atoms with van der Waals surface area (Å²) < 4.78 is 0. The SMILES string of the molecule is CC(C)[C@@H]1CC[C@@]2(CO)C(O)CC(O)[C@H](C)[C@@H]2C1. The van der Waals surface area contributed by atoms with Gasteiger partial charge in [-0.1, -0.05) is 20.8 Å². The average Bonchev–Trinajstić information content (AvgIpc) is 2.35. The van der Waals surface area contributed by atoms with Crippen LogP contribution in [-0.2, 0) is 0 Å². The predicted octanol–water partition coefficient (Wildman–Crippen LogP) is 1.80. The quantitative estimate of drug-likeness (QED) is 0.706. The van der Waals surface area contributed by atoms with Gasteiger partial charge in [-0.25, -0.2) is 0 Å². The predicted molar refractivity (Wildman–Crippen MR) is 71.0 cm³/mol. The number of fused-ring (bicyclic) bond motifs is 1. The molecule has 0 aromatic heterocycles. The van der Waals surface area contributed by atoms with Crippen molar-refractivity contribution in [1.82, 2.24) is 0 Å². The standard InChI is InChI=1S/C15H28O3/c1-9(2)11-4-5-15(8-16)12(6-11)10(3)13(17)7-14(15)18/h9-14,16-18H,4-8H2,1-3H3/t10-,11-,12+,13?,14?,15+/m1/s1. The second-order valence-corrected chi connectivity index (χ2v) is 6.95. The van der Waals surface area contributed by atoms with Gasteiger partial charge >= 0.3 is 0 Å². The number of aliphatic hydroxyl groups excluding tert-OH is 3. The van der Waals surface area contributed by atoms with Gasteiger partial charge in [-0.05, 0) is 42.9 Å². The molecular formula is C15H28O3. The first-order valence-corrected chi connectivity index (χ1v) is 7.39. The zero-order chi connectivity index (χ0) is 13.5. The molecule has 0 amide bonds. The first-order chi connectivity index (χ1) is 8.42. The molecule has 2 saturated carbocycles. The molecule has 2 rings (SSSR count). The molecule has 2 fully saturated rings. The second-order valence-electron chi connectivity index (χ2n) is 6.95. The van der Waals surface area contributed by atoms with Crippen molar-refractivity contribution in [3.8, 4) is 0 Å². The van der Waals surface area contributed by atoms with Gasteiger partial charge in [0, 0.05) is 11.8 Å². The lowest BCUT2D eigenvalue weighted by atomic mass is 9.52. The minimum atomic E-state index is -0.549. The summed E-state index contributed by atoms with van der Waals surface area (Å²) in [6, 6.07) is 0. The fourth-order valence-electron chi connectivity index (χ4n) is 4.32. The third-order valence-electron chi connectivity index (χ3n) is 5.88. The van der Waals surface area contributed by atoms with Gasteiger partial charge in [0.25, 0.3) is 0 Å². The lowest BCUT2D eigenvalue weighted by molar-refractivity contribution is -0.171. The summed E-state index contributed by atoms with van der Waals surface area (Å²) in [6.07, 6.45) is 2.48. The first kappa shape index (κ1) is 14.3. The van der Waals surface area contributed by atoms with Crippen LogP contribution in [0.5, 0.6) is 0 Å². The molecule has 18 heavy (non-hydrogen) atoms. The summed E-state index contributed by atoms with van der Waals surface area (Å²) in [7, 11) is 0. The molecular weight excluding hydrogens is 228 g/mol. The van der Waals surface area contributed by atoms with Crippen LogP contribution in [0.1, 0.15) is 46.5 Å². The minimum absolute atomic E-state index is 0.0563. The summed E-state index contributed by atoms with van der Waals surface area (Å²) in [5, 5.41) is 30.3. The number of aliphatic hydroxyl groups is 3. The molecule has 3 nitrogen and oxygen atoms in total. The Hall–Kier alpha value is -0.120. The van der Waals surface area contributed by atoms with Crippen LogP contribution in [0.2, 0.25) is 0 Å².